The molecule has 0 aliphatic rings. The number of H-pyrrole nitrogens is 1. The van der Waals surface area contributed by atoms with Crippen LogP contribution in [0.4, 0.5) is 17.1 Å². The van der Waals surface area contributed by atoms with E-state index in [1.807, 2.05) is 30.3 Å². The zero-order valence-corrected chi connectivity index (χ0v) is 13.0. The zero-order valence-electron chi connectivity index (χ0n) is 13.0. The van der Waals surface area contributed by atoms with Crippen molar-refractivity contribution in [2.24, 2.45) is 0 Å². The van der Waals surface area contributed by atoms with Crippen LogP contribution in [-0.4, -0.2) is 11.5 Å². The molecule has 0 fully saturated rings. The maximum atomic E-state index is 11.8. The third-order valence-electron chi connectivity index (χ3n) is 3.87. The van der Waals surface area contributed by atoms with Crippen molar-refractivity contribution in [2.75, 3.05) is 17.2 Å². The molecule has 3 aromatic rings. The lowest BCUT2D eigenvalue weighted by molar-refractivity contribution is 0.869. The maximum absolute atomic E-state index is 11.8. The van der Waals surface area contributed by atoms with E-state index in [1.165, 1.54) is 0 Å². The Hall–Kier alpha value is -3.33. The van der Waals surface area contributed by atoms with Gasteiger partial charge in [-0.05, 0) is 18.9 Å². The number of anilines is 3. The van der Waals surface area contributed by atoms with Crippen molar-refractivity contribution in [3.63, 3.8) is 0 Å². The summed E-state index contributed by atoms with van der Waals surface area (Å²) in [4.78, 5) is 26.7. The molecule has 6 heteroatoms. The van der Waals surface area contributed by atoms with E-state index in [-0.39, 0.29) is 5.69 Å². The number of nitriles is 1. The van der Waals surface area contributed by atoms with Gasteiger partial charge in [0.05, 0.1) is 11.8 Å². The molecule has 3 N–H and O–H groups in total. The highest BCUT2D eigenvalue weighted by molar-refractivity contribution is 5.95. The second-order valence-corrected chi connectivity index (χ2v) is 5.53. The normalized spacial score (nSPS) is 10.6. The van der Waals surface area contributed by atoms with Gasteiger partial charge in [-0.2, -0.15) is 5.26 Å². The Kier molecular flexibility index (Phi) is 4.17. The molecule has 0 radical (unpaired) electrons. The zero-order chi connectivity index (χ0) is 17.1. The van der Waals surface area contributed by atoms with Crippen LogP contribution in [-0.2, 0) is 0 Å². The van der Waals surface area contributed by atoms with Crippen molar-refractivity contribution in [1.82, 2.24) is 4.98 Å². The number of fused-ring (bicyclic) bond motifs is 1. The fourth-order valence-electron chi connectivity index (χ4n) is 2.56. The summed E-state index contributed by atoms with van der Waals surface area (Å²) in [5.41, 5.74) is 1.73. The first-order chi connectivity index (χ1) is 11.6. The van der Waals surface area contributed by atoms with Gasteiger partial charge in [-0.3, -0.25) is 9.59 Å². The van der Waals surface area contributed by atoms with E-state index >= 15 is 0 Å². The predicted octanol–water partition coefficient (Wildman–Crippen LogP) is 2.78. The molecule has 0 saturated carbocycles. The monoisotopic (exact) mass is 320 g/mol. The van der Waals surface area contributed by atoms with E-state index in [9.17, 15) is 9.59 Å². The van der Waals surface area contributed by atoms with Crippen LogP contribution in [0.15, 0.2) is 52.2 Å². The number of aromatic amines is 1. The van der Waals surface area contributed by atoms with Crippen LogP contribution in [0, 0.1) is 11.3 Å². The maximum Gasteiger partial charge on any atom is 0.253 e. The van der Waals surface area contributed by atoms with Crippen LogP contribution in [0.3, 0.4) is 0 Å². The molecule has 0 saturated heterocycles. The highest BCUT2D eigenvalue weighted by atomic mass is 16.2. The fraction of sp³-hybridized carbons (Fsp3) is 0.167. The Morgan fingerprint density at radius 2 is 1.96 bits per heavy atom. The topological polar surface area (TPSA) is 97.8 Å². The molecule has 2 aromatic carbocycles. The fourth-order valence-corrected chi connectivity index (χ4v) is 2.56. The van der Waals surface area contributed by atoms with Gasteiger partial charge < -0.3 is 15.6 Å². The van der Waals surface area contributed by atoms with Crippen LogP contribution in [0.5, 0.6) is 0 Å². The lowest BCUT2D eigenvalue weighted by Gasteiger charge is -2.14. The third-order valence-corrected chi connectivity index (χ3v) is 3.87. The van der Waals surface area contributed by atoms with Gasteiger partial charge in [-0.15, -0.1) is 0 Å². The van der Waals surface area contributed by atoms with Crippen LogP contribution >= 0.6 is 0 Å². The first-order valence-corrected chi connectivity index (χ1v) is 7.60. The van der Waals surface area contributed by atoms with Gasteiger partial charge in [-0.25, -0.2) is 0 Å². The van der Waals surface area contributed by atoms with Crippen molar-refractivity contribution in [3.05, 3.63) is 63.1 Å². The van der Waals surface area contributed by atoms with Gasteiger partial charge in [0.25, 0.3) is 10.9 Å². The minimum Gasteiger partial charge on any atom is -0.380 e. The van der Waals surface area contributed by atoms with Gasteiger partial charge in [0, 0.05) is 29.2 Å². The number of hydrogen-bond acceptors (Lipinski definition) is 5. The summed E-state index contributed by atoms with van der Waals surface area (Å²) in [7, 11) is 0. The summed E-state index contributed by atoms with van der Waals surface area (Å²) in [6.07, 6.45) is 2.99. The molecule has 24 heavy (non-hydrogen) atoms. The second-order valence-electron chi connectivity index (χ2n) is 5.53. The van der Waals surface area contributed by atoms with Crippen molar-refractivity contribution in [1.29, 1.82) is 5.26 Å². The number of rotatable bonds is 7. The molecule has 0 spiro atoms. The van der Waals surface area contributed by atoms with Crippen molar-refractivity contribution < 1.29 is 0 Å². The number of para-hydroxylation sites is 1. The Morgan fingerprint density at radius 3 is 2.75 bits per heavy atom. The first kappa shape index (κ1) is 15.6. The van der Waals surface area contributed by atoms with Crippen molar-refractivity contribution in [3.8, 4) is 6.07 Å². The van der Waals surface area contributed by atoms with Gasteiger partial charge >= 0.3 is 0 Å². The van der Waals surface area contributed by atoms with Gasteiger partial charge in [0.15, 0.2) is 0 Å². The predicted molar refractivity (Wildman–Crippen MR) is 95.4 cm³/mol. The number of hydrogen-bond donors (Lipinski definition) is 3. The molecule has 120 valence electrons. The highest BCUT2D eigenvalue weighted by Gasteiger charge is 2.21. The van der Waals surface area contributed by atoms with Gasteiger partial charge in [-0.1, -0.05) is 24.8 Å². The summed E-state index contributed by atoms with van der Waals surface area (Å²) in [6.45, 7) is 4.10. The average Bonchev–Trinajstić information content (AvgIpc) is 3.02. The molecular weight excluding hydrogens is 304 g/mol. The largest absolute Gasteiger partial charge is 0.380 e. The quantitative estimate of drug-likeness (QED) is 0.353. The SMILES string of the molecule is C=C(C#N)CCCNc1c(Nc2c[nH]c3ccccc23)c(=O)c1=O. The van der Waals surface area contributed by atoms with E-state index in [0.29, 0.717) is 30.6 Å². The molecule has 1 aromatic heterocycles. The number of allylic oxidation sites excluding steroid dienone is 1. The van der Waals surface area contributed by atoms with E-state index in [2.05, 4.69) is 22.2 Å². The molecule has 0 amide bonds. The second kappa shape index (κ2) is 6.42. The number of nitrogens with one attached hydrogen (secondary N) is 3. The Balaban J connectivity index is 1.72. The van der Waals surface area contributed by atoms with E-state index in [0.717, 1.165) is 16.6 Å². The van der Waals surface area contributed by atoms with Gasteiger partial charge in [0.1, 0.15) is 11.4 Å². The number of benzene rings is 1. The molecule has 0 aliphatic heterocycles. The lowest BCUT2D eigenvalue weighted by atomic mass is 10.1. The molecule has 0 aliphatic carbocycles. The van der Waals surface area contributed by atoms with Crippen LogP contribution < -0.4 is 21.5 Å². The molecule has 0 unspecified atom stereocenters. The molecule has 0 atom stereocenters. The molecule has 6 nitrogen and oxygen atoms in total. The molecule has 3 rings (SSSR count). The smallest absolute Gasteiger partial charge is 0.253 e. The lowest BCUT2D eigenvalue weighted by Crippen LogP contribution is -2.36. The van der Waals surface area contributed by atoms with E-state index in [4.69, 9.17) is 5.26 Å². The average molecular weight is 320 g/mol. The number of aromatic nitrogens is 1. The minimum atomic E-state index is -0.524. The van der Waals surface area contributed by atoms with Crippen LogP contribution in [0.25, 0.3) is 10.9 Å². The minimum absolute atomic E-state index is 0.281. The standard InChI is InChI=1S/C18H16N4O2/c1-11(9-19)5-4-8-20-15-16(18(24)17(15)23)22-14-10-21-13-7-3-2-6-12(13)14/h2-3,6-7,10,20-22H,1,4-5,8H2. The van der Waals surface area contributed by atoms with Crippen molar-refractivity contribution in [2.45, 2.75) is 12.8 Å². The van der Waals surface area contributed by atoms with Crippen LogP contribution in [0.2, 0.25) is 0 Å². The summed E-state index contributed by atoms with van der Waals surface area (Å²) >= 11 is 0. The van der Waals surface area contributed by atoms with E-state index in [1.54, 1.807) is 6.20 Å². The van der Waals surface area contributed by atoms with Gasteiger partial charge in [0.2, 0.25) is 0 Å². The molecule has 0 bridgehead atoms. The van der Waals surface area contributed by atoms with Crippen LogP contribution in [0.1, 0.15) is 12.8 Å². The third kappa shape index (κ3) is 2.79. The Labute approximate surface area is 138 Å². The summed E-state index contributed by atoms with van der Waals surface area (Å²) in [5.74, 6) is 0. The number of nitrogens with zero attached hydrogens (tertiary/aromatic N) is 1. The van der Waals surface area contributed by atoms with Crippen molar-refractivity contribution >= 4 is 28.0 Å². The first-order valence-electron chi connectivity index (χ1n) is 7.60. The summed E-state index contributed by atoms with van der Waals surface area (Å²) in [6, 6.07) is 9.67. The molecular formula is C18H16N4O2. The summed E-state index contributed by atoms with van der Waals surface area (Å²) < 4.78 is 0. The highest BCUT2D eigenvalue weighted by Crippen LogP contribution is 2.27. The Bertz CT molecular complexity index is 1020. The molecule has 1 heterocycles. The Morgan fingerprint density at radius 1 is 1.21 bits per heavy atom. The van der Waals surface area contributed by atoms with E-state index < -0.39 is 10.9 Å². The summed E-state index contributed by atoms with van der Waals surface area (Å²) in [5, 5.41) is 15.6.